The van der Waals surface area contributed by atoms with Gasteiger partial charge in [-0.3, -0.25) is 4.79 Å². The Bertz CT molecular complexity index is 749. The number of phenols is 1. The quantitative estimate of drug-likeness (QED) is 0.602. The molecule has 7 heteroatoms. The van der Waals surface area contributed by atoms with E-state index in [1.165, 1.54) is 30.3 Å². The number of benzene rings is 2. The van der Waals surface area contributed by atoms with Crippen molar-refractivity contribution in [3.8, 4) is 5.75 Å². The van der Waals surface area contributed by atoms with Crippen molar-refractivity contribution < 1.29 is 24.2 Å². The van der Waals surface area contributed by atoms with Crippen LogP contribution in [0.4, 0.5) is 4.39 Å². The molecule has 132 valence electrons. The monoisotopic (exact) mass is 346 g/mol. The average Bonchev–Trinajstić information content (AvgIpc) is 2.56. The largest absolute Gasteiger partial charge is 0.508 e. The summed E-state index contributed by atoms with van der Waals surface area (Å²) >= 11 is 0. The number of carbonyl (C=O) groups is 2. The molecular weight excluding hydrogens is 327 g/mol. The molecule has 0 radical (unpaired) electrons. The second kappa shape index (κ2) is 8.25. The molecule has 0 aliphatic carbocycles. The highest BCUT2D eigenvalue weighted by Gasteiger charge is 2.24. The Hall–Kier alpha value is -2.93. The summed E-state index contributed by atoms with van der Waals surface area (Å²) in [4.78, 5) is 23.5. The number of hydrogen-bond acceptors (Lipinski definition) is 4. The number of phenolic OH excluding ortho intramolecular Hbond substituents is 1. The van der Waals surface area contributed by atoms with E-state index in [2.05, 4.69) is 5.32 Å². The van der Waals surface area contributed by atoms with E-state index in [4.69, 9.17) is 5.73 Å². The molecule has 0 unspecified atom stereocenters. The molecule has 2 aromatic carbocycles. The molecule has 2 atom stereocenters. The SMILES string of the molecule is N[C@@H](Cc1ccc(O)cc1)C(=O)N[C@H](Cc1cccc(F)c1)C(=O)O. The molecular formula is C18H19FN2O4. The molecule has 0 aliphatic heterocycles. The summed E-state index contributed by atoms with van der Waals surface area (Å²) < 4.78 is 13.2. The Labute approximate surface area is 144 Å². The molecule has 0 heterocycles. The Morgan fingerprint density at radius 3 is 2.36 bits per heavy atom. The fourth-order valence-electron chi connectivity index (χ4n) is 2.36. The molecule has 0 saturated carbocycles. The van der Waals surface area contributed by atoms with Crippen LogP contribution >= 0.6 is 0 Å². The van der Waals surface area contributed by atoms with Gasteiger partial charge in [-0.15, -0.1) is 0 Å². The van der Waals surface area contributed by atoms with E-state index >= 15 is 0 Å². The molecule has 0 aliphatic rings. The third kappa shape index (κ3) is 5.58. The van der Waals surface area contributed by atoms with E-state index in [9.17, 15) is 24.2 Å². The van der Waals surface area contributed by atoms with Crippen LogP contribution in [0.15, 0.2) is 48.5 Å². The van der Waals surface area contributed by atoms with Gasteiger partial charge in [0.25, 0.3) is 0 Å². The number of carboxylic acids is 1. The lowest BCUT2D eigenvalue weighted by Gasteiger charge is -2.18. The average molecular weight is 346 g/mol. The molecule has 25 heavy (non-hydrogen) atoms. The van der Waals surface area contributed by atoms with Crippen LogP contribution < -0.4 is 11.1 Å². The highest BCUT2D eigenvalue weighted by atomic mass is 19.1. The third-order valence-corrected chi connectivity index (χ3v) is 3.67. The van der Waals surface area contributed by atoms with Gasteiger partial charge in [0, 0.05) is 6.42 Å². The first kappa shape index (κ1) is 18.4. The minimum absolute atomic E-state index is 0.0508. The van der Waals surface area contributed by atoms with Gasteiger partial charge in [-0.05, 0) is 41.8 Å². The van der Waals surface area contributed by atoms with Crippen molar-refractivity contribution in [2.75, 3.05) is 0 Å². The molecule has 2 aromatic rings. The van der Waals surface area contributed by atoms with Gasteiger partial charge in [-0.2, -0.15) is 0 Å². The lowest BCUT2D eigenvalue weighted by molar-refractivity contribution is -0.141. The molecule has 2 rings (SSSR count). The van der Waals surface area contributed by atoms with Crippen molar-refractivity contribution in [2.45, 2.75) is 24.9 Å². The maximum absolute atomic E-state index is 13.2. The summed E-state index contributed by atoms with van der Waals surface area (Å²) in [7, 11) is 0. The van der Waals surface area contributed by atoms with E-state index in [0.717, 1.165) is 5.56 Å². The number of amides is 1. The summed E-state index contributed by atoms with van der Waals surface area (Å²) in [6.45, 7) is 0. The number of carboxylic acid groups (broad SMARTS) is 1. The predicted octanol–water partition coefficient (Wildman–Crippen LogP) is 1.21. The van der Waals surface area contributed by atoms with Crippen LogP contribution in [0.5, 0.6) is 5.75 Å². The standard InChI is InChI=1S/C18H19FN2O4/c19-13-3-1-2-12(8-13)10-16(18(24)25)21-17(23)15(20)9-11-4-6-14(22)7-5-11/h1-8,15-16,22H,9-10,20H2,(H,21,23)(H,24,25)/t15-,16+/m0/s1. The van der Waals surface area contributed by atoms with Crippen LogP contribution in [0.25, 0.3) is 0 Å². The number of aliphatic carboxylic acids is 1. The maximum Gasteiger partial charge on any atom is 0.326 e. The predicted molar refractivity (Wildman–Crippen MR) is 89.5 cm³/mol. The molecule has 0 fully saturated rings. The molecule has 0 spiro atoms. The summed E-state index contributed by atoms with van der Waals surface area (Å²) in [6.07, 6.45) is 0.142. The smallest absolute Gasteiger partial charge is 0.326 e. The van der Waals surface area contributed by atoms with Gasteiger partial charge in [0.1, 0.15) is 17.6 Å². The first-order valence-electron chi connectivity index (χ1n) is 7.66. The van der Waals surface area contributed by atoms with Gasteiger partial charge in [-0.1, -0.05) is 24.3 Å². The Balaban J connectivity index is 1.99. The van der Waals surface area contributed by atoms with Crippen LogP contribution in [0.3, 0.4) is 0 Å². The minimum atomic E-state index is -1.23. The zero-order valence-electron chi connectivity index (χ0n) is 13.4. The van der Waals surface area contributed by atoms with Crippen LogP contribution in [0.2, 0.25) is 0 Å². The fourth-order valence-corrected chi connectivity index (χ4v) is 2.36. The molecule has 0 aromatic heterocycles. The zero-order valence-corrected chi connectivity index (χ0v) is 13.4. The molecule has 5 N–H and O–H groups in total. The number of rotatable bonds is 7. The van der Waals surface area contributed by atoms with Crippen molar-refractivity contribution >= 4 is 11.9 Å². The van der Waals surface area contributed by atoms with E-state index in [1.54, 1.807) is 18.2 Å². The first-order valence-corrected chi connectivity index (χ1v) is 7.66. The zero-order chi connectivity index (χ0) is 18.4. The molecule has 0 saturated heterocycles. The number of hydrogen-bond donors (Lipinski definition) is 4. The van der Waals surface area contributed by atoms with Gasteiger partial charge in [-0.25, -0.2) is 9.18 Å². The molecule has 0 bridgehead atoms. The maximum atomic E-state index is 13.2. The Kier molecular flexibility index (Phi) is 6.08. The summed E-state index contributed by atoms with van der Waals surface area (Å²) in [5, 5.41) is 20.9. The van der Waals surface area contributed by atoms with Crippen molar-refractivity contribution in [2.24, 2.45) is 5.73 Å². The number of carbonyl (C=O) groups excluding carboxylic acids is 1. The lowest BCUT2D eigenvalue weighted by Crippen LogP contribution is -2.50. The normalized spacial score (nSPS) is 13.0. The van der Waals surface area contributed by atoms with Crippen LogP contribution in [0.1, 0.15) is 11.1 Å². The van der Waals surface area contributed by atoms with Gasteiger partial charge in [0.05, 0.1) is 6.04 Å². The van der Waals surface area contributed by atoms with Crippen LogP contribution in [-0.2, 0) is 22.4 Å². The van der Waals surface area contributed by atoms with Gasteiger partial charge >= 0.3 is 5.97 Å². The molecule has 1 amide bonds. The van der Waals surface area contributed by atoms with Crippen molar-refractivity contribution in [3.05, 3.63) is 65.5 Å². The van der Waals surface area contributed by atoms with E-state index in [-0.39, 0.29) is 18.6 Å². The second-order valence-electron chi connectivity index (χ2n) is 5.71. The Morgan fingerprint density at radius 1 is 1.08 bits per heavy atom. The fraction of sp³-hybridized carbons (Fsp3) is 0.222. The van der Waals surface area contributed by atoms with Crippen molar-refractivity contribution in [1.82, 2.24) is 5.32 Å². The topological polar surface area (TPSA) is 113 Å². The number of nitrogens with two attached hydrogens (primary N) is 1. The van der Waals surface area contributed by atoms with Gasteiger partial charge < -0.3 is 21.3 Å². The van der Waals surface area contributed by atoms with E-state index < -0.39 is 29.8 Å². The van der Waals surface area contributed by atoms with Gasteiger partial charge in [0.15, 0.2) is 0 Å². The first-order chi connectivity index (χ1) is 11.8. The third-order valence-electron chi connectivity index (χ3n) is 3.67. The highest BCUT2D eigenvalue weighted by Crippen LogP contribution is 2.11. The van der Waals surface area contributed by atoms with Crippen LogP contribution in [0, 0.1) is 5.82 Å². The summed E-state index contributed by atoms with van der Waals surface area (Å²) in [5.74, 6) is -2.22. The van der Waals surface area contributed by atoms with Crippen molar-refractivity contribution in [1.29, 1.82) is 0 Å². The Morgan fingerprint density at radius 2 is 1.76 bits per heavy atom. The van der Waals surface area contributed by atoms with Crippen molar-refractivity contribution in [3.63, 3.8) is 0 Å². The number of aromatic hydroxyl groups is 1. The van der Waals surface area contributed by atoms with E-state index in [1.807, 2.05) is 0 Å². The second-order valence-corrected chi connectivity index (χ2v) is 5.71. The number of nitrogens with one attached hydrogen (secondary N) is 1. The summed E-state index contributed by atoms with van der Waals surface area (Å²) in [5.41, 5.74) is 7.02. The minimum Gasteiger partial charge on any atom is -0.508 e. The molecule has 6 nitrogen and oxygen atoms in total. The number of halogens is 1. The van der Waals surface area contributed by atoms with Crippen LogP contribution in [-0.4, -0.2) is 34.2 Å². The highest BCUT2D eigenvalue weighted by molar-refractivity contribution is 5.87. The van der Waals surface area contributed by atoms with E-state index in [0.29, 0.717) is 5.56 Å². The summed E-state index contributed by atoms with van der Waals surface area (Å²) in [6, 6.07) is 9.59. The van der Waals surface area contributed by atoms with Gasteiger partial charge in [0.2, 0.25) is 5.91 Å². The lowest BCUT2D eigenvalue weighted by atomic mass is 10.0.